The summed E-state index contributed by atoms with van der Waals surface area (Å²) >= 11 is 7.70. The maximum Gasteiger partial charge on any atom is 0.329 e. The first-order valence-corrected chi connectivity index (χ1v) is 11.1. The summed E-state index contributed by atoms with van der Waals surface area (Å²) in [6, 6.07) is 11.7. The van der Waals surface area contributed by atoms with Crippen molar-refractivity contribution in [1.82, 2.24) is 4.90 Å². The van der Waals surface area contributed by atoms with E-state index in [0.717, 1.165) is 5.56 Å². The van der Waals surface area contributed by atoms with Gasteiger partial charge < -0.3 is 19.1 Å². The van der Waals surface area contributed by atoms with Gasteiger partial charge >= 0.3 is 5.97 Å². The molecule has 2 atom stereocenters. The minimum absolute atomic E-state index is 0.127. The van der Waals surface area contributed by atoms with Crippen LogP contribution in [-0.4, -0.2) is 42.0 Å². The van der Waals surface area contributed by atoms with Gasteiger partial charge in [0, 0.05) is 16.3 Å². The third kappa shape index (κ3) is 4.23. The molecule has 2 heterocycles. The van der Waals surface area contributed by atoms with Gasteiger partial charge in [-0.25, -0.2) is 4.79 Å². The van der Waals surface area contributed by atoms with Gasteiger partial charge in [-0.3, -0.25) is 4.79 Å². The van der Waals surface area contributed by atoms with Crippen LogP contribution in [0.25, 0.3) is 0 Å². The Bertz CT molecular complexity index is 966. The van der Waals surface area contributed by atoms with Gasteiger partial charge in [0.25, 0.3) is 5.91 Å². The number of hydrogen-bond acceptors (Lipinski definition) is 6. The Hall–Kier alpha value is -2.38. The van der Waals surface area contributed by atoms with E-state index in [-0.39, 0.29) is 24.0 Å². The second-order valence-corrected chi connectivity index (χ2v) is 9.11. The van der Waals surface area contributed by atoms with Crippen LogP contribution in [-0.2, 0) is 9.53 Å². The lowest BCUT2D eigenvalue weighted by molar-refractivity contribution is -0.149. The van der Waals surface area contributed by atoms with E-state index < -0.39 is 12.0 Å². The number of hydrogen-bond donors (Lipinski definition) is 0. The highest BCUT2D eigenvalue weighted by molar-refractivity contribution is 7.99. The van der Waals surface area contributed by atoms with Crippen LogP contribution in [0.5, 0.6) is 11.5 Å². The summed E-state index contributed by atoms with van der Waals surface area (Å²) in [4.78, 5) is 28.0. The van der Waals surface area contributed by atoms with E-state index in [0.29, 0.717) is 34.4 Å². The summed E-state index contributed by atoms with van der Waals surface area (Å²) in [7, 11) is 0. The minimum atomic E-state index is -0.685. The zero-order valence-electron chi connectivity index (χ0n) is 16.7. The number of thioether (sulfide) groups is 1. The number of halogens is 1. The molecule has 6 nitrogen and oxygen atoms in total. The number of ether oxygens (including phenoxy) is 3. The SMILES string of the molecule is CC(C)COC(=O)C1CSC(c2cccc(Cl)c2)N1C(=O)c1ccc2c(c1)OCO2. The second kappa shape index (κ2) is 8.78. The topological polar surface area (TPSA) is 65.1 Å². The van der Waals surface area contributed by atoms with Crippen molar-refractivity contribution >= 4 is 35.2 Å². The molecule has 0 N–H and O–H groups in total. The summed E-state index contributed by atoms with van der Waals surface area (Å²) in [5, 5.41) is 0.229. The molecule has 4 rings (SSSR count). The fourth-order valence-electron chi connectivity index (χ4n) is 3.38. The lowest BCUT2D eigenvalue weighted by Gasteiger charge is -2.29. The lowest BCUT2D eigenvalue weighted by Crippen LogP contribution is -2.44. The van der Waals surface area contributed by atoms with Crippen molar-refractivity contribution in [2.45, 2.75) is 25.3 Å². The Morgan fingerprint density at radius 1 is 1.20 bits per heavy atom. The molecule has 1 saturated heterocycles. The van der Waals surface area contributed by atoms with Gasteiger partial charge in [-0.1, -0.05) is 37.6 Å². The van der Waals surface area contributed by atoms with Gasteiger partial charge in [0.05, 0.1) is 6.61 Å². The molecule has 2 aliphatic rings. The van der Waals surface area contributed by atoms with Crippen LogP contribution in [0.1, 0.15) is 35.1 Å². The highest BCUT2D eigenvalue weighted by Gasteiger charge is 2.43. The van der Waals surface area contributed by atoms with Crippen molar-refractivity contribution in [3.63, 3.8) is 0 Å². The molecule has 0 bridgehead atoms. The molecular weight excluding hydrogens is 426 g/mol. The Balaban J connectivity index is 1.66. The molecule has 2 unspecified atom stereocenters. The van der Waals surface area contributed by atoms with Crippen LogP contribution in [0.3, 0.4) is 0 Å². The van der Waals surface area contributed by atoms with E-state index in [1.165, 1.54) is 11.8 Å². The van der Waals surface area contributed by atoms with Crippen molar-refractivity contribution in [2.75, 3.05) is 19.2 Å². The average molecular weight is 448 g/mol. The van der Waals surface area contributed by atoms with Gasteiger partial charge in [-0.15, -0.1) is 11.8 Å². The average Bonchev–Trinajstić information content (AvgIpc) is 3.37. The van der Waals surface area contributed by atoms with Crippen molar-refractivity contribution in [3.05, 3.63) is 58.6 Å². The lowest BCUT2D eigenvalue weighted by atomic mass is 10.1. The van der Waals surface area contributed by atoms with Crippen LogP contribution in [0.15, 0.2) is 42.5 Å². The number of esters is 1. The van der Waals surface area contributed by atoms with Crippen molar-refractivity contribution in [2.24, 2.45) is 5.92 Å². The van der Waals surface area contributed by atoms with E-state index in [1.54, 1.807) is 29.2 Å². The maximum atomic E-state index is 13.5. The number of amides is 1. The fraction of sp³-hybridized carbons (Fsp3) is 0.364. The smallest absolute Gasteiger partial charge is 0.329 e. The van der Waals surface area contributed by atoms with Crippen LogP contribution in [0, 0.1) is 5.92 Å². The predicted molar refractivity (Wildman–Crippen MR) is 115 cm³/mol. The van der Waals surface area contributed by atoms with E-state index in [9.17, 15) is 9.59 Å². The van der Waals surface area contributed by atoms with E-state index in [2.05, 4.69) is 0 Å². The number of nitrogens with zero attached hydrogens (tertiary/aromatic N) is 1. The third-order valence-electron chi connectivity index (χ3n) is 4.82. The summed E-state index contributed by atoms with van der Waals surface area (Å²) < 4.78 is 16.2. The number of benzene rings is 2. The van der Waals surface area contributed by atoms with Crippen molar-refractivity contribution in [3.8, 4) is 11.5 Å². The van der Waals surface area contributed by atoms with Crippen LogP contribution < -0.4 is 9.47 Å². The van der Waals surface area contributed by atoms with E-state index >= 15 is 0 Å². The van der Waals surface area contributed by atoms with Crippen molar-refractivity contribution in [1.29, 1.82) is 0 Å². The summed E-state index contributed by atoms with van der Waals surface area (Å²) in [6.07, 6.45) is 0. The zero-order valence-corrected chi connectivity index (χ0v) is 18.2. The molecule has 0 saturated carbocycles. The monoisotopic (exact) mass is 447 g/mol. The first kappa shape index (κ1) is 20.9. The quantitative estimate of drug-likeness (QED) is 0.628. The highest BCUT2D eigenvalue weighted by atomic mass is 35.5. The molecule has 30 heavy (non-hydrogen) atoms. The van der Waals surface area contributed by atoms with Gasteiger partial charge in [-0.05, 0) is 41.8 Å². The Morgan fingerprint density at radius 2 is 2.00 bits per heavy atom. The molecule has 1 amide bonds. The second-order valence-electron chi connectivity index (χ2n) is 7.56. The molecular formula is C22H22ClNO5S. The van der Waals surface area contributed by atoms with Crippen LogP contribution in [0.2, 0.25) is 5.02 Å². The molecule has 0 radical (unpaired) electrons. The molecule has 2 aromatic carbocycles. The van der Waals surface area contributed by atoms with Gasteiger partial charge in [0.2, 0.25) is 6.79 Å². The molecule has 8 heteroatoms. The normalized spacial score (nSPS) is 19.9. The predicted octanol–water partition coefficient (Wildman–Crippen LogP) is 4.52. The zero-order chi connectivity index (χ0) is 21.3. The van der Waals surface area contributed by atoms with Gasteiger partial charge in [0.15, 0.2) is 11.5 Å². The van der Waals surface area contributed by atoms with Crippen molar-refractivity contribution < 1.29 is 23.8 Å². The first-order chi connectivity index (χ1) is 14.4. The minimum Gasteiger partial charge on any atom is -0.464 e. The Kier molecular flexibility index (Phi) is 6.11. The molecule has 2 aliphatic heterocycles. The number of carbonyl (C=O) groups is 2. The largest absolute Gasteiger partial charge is 0.464 e. The highest BCUT2D eigenvalue weighted by Crippen LogP contribution is 2.44. The molecule has 158 valence electrons. The molecule has 0 aliphatic carbocycles. The molecule has 2 aromatic rings. The van der Waals surface area contributed by atoms with Gasteiger partial charge in [0.1, 0.15) is 11.4 Å². The Labute approximate surface area is 184 Å². The fourth-order valence-corrected chi connectivity index (χ4v) is 4.98. The number of rotatable bonds is 5. The Morgan fingerprint density at radius 3 is 2.77 bits per heavy atom. The summed E-state index contributed by atoms with van der Waals surface area (Å²) in [5.74, 6) is 1.12. The summed E-state index contributed by atoms with van der Waals surface area (Å²) in [6.45, 7) is 4.39. The number of carbonyl (C=O) groups excluding carboxylic acids is 2. The molecule has 0 spiro atoms. The van der Waals surface area contributed by atoms with E-state index in [1.807, 2.05) is 32.0 Å². The molecule has 1 fully saturated rings. The van der Waals surface area contributed by atoms with Crippen LogP contribution >= 0.6 is 23.4 Å². The van der Waals surface area contributed by atoms with Gasteiger partial charge in [-0.2, -0.15) is 0 Å². The van der Waals surface area contributed by atoms with E-state index in [4.69, 9.17) is 25.8 Å². The first-order valence-electron chi connectivity index (χ1n) is 9.70. The molecule has 0 aromatic heterocycles. The maximum absolute atomic E-state index is 13.5. The third-order valence-corrected chi connectivity index (χ3v) is 6.38. The van der Waals surface area contributed by atoms with Crippen LogP contribution in [0.4, 0.5) is 0 Å². The number of fused-ring (bicyclic) bond motifs is 1. The standard InChI is InChI=1S/C22H22ClNO5S/c1-13(2)10-27-22(26)17-11-30-21(15-4-3-5-16(23)8-15)24(17)20(25)14-6-7-18-19(9-14)29-12-28-18/h3-9,13,17,21H,10-12H2,1-2H3. The summed E-state index contributed by atoms with van der Waals surface area (Å²) in [5.41, 5.74) is 1.29.